The van der Waals surface area contributed by atoms with Crippen molar-refractivity contribution in [2.45, 2.75) is 25.5 Å². The van der Waals surface area contributed by atoms with Gasteiger partial charge in [-0.25, -0.2) is 19.7 Å². The minimum Gasteiger partial charge on any atom is -0.312 e. The van der Waals surface area contributed by atoms with Crippen molar-refractivity contribution in [1.82, 2.24) is 29.1 Å². The number of rotatable bonds is 5. The van der Waals surface area contributed by atoms with Crippen LogP contribution in [-0.4, -0.2) is 34.8 Å². The summed E-state index contributed by atoms with van der Waals surface area (Å²) in [5, 5.41) is 0.738. The zero-order valence-electron chi connectivity index (χ0n) is 14.0. The van der Waals surface area contributed by atoms with Gasteiger partial charge in [-0.05, 0) is 34.8 Å². The maximum Gasteiger partial charge on any atom is 0.329 e. The molecule has 10 heteroatoms. The molecule has 3 rings (SSSR count). The van der Waals surface area contributed by atoms with Crippen molar-refractivity contribution in [2.75, 3.05) is 5.75 Å². The van der Waals surface area contributed by atoms with Gasteiger partial charge >= 0.3 is 5.69 Å². The number of fused-ring (bicyclic) bond motifs is 1. The van der Waals surface area contributed by atoms with Gasteiger partial charge in [0.05, 0.1) is 0 Å². The monoisotopic (exact) mass is 424 g/mol. The number of imidazole rings is 1. The highest BCUT2D eigenvalue weighted by molar-refractivity contribution is 9.10. The molecule has 0 aliphatic heterocycles. The molecule has 0 radical (unpaired) electrons. The van der Waals surface area contributed by atoms with E-state index in [0.29, 0.717) is 22.4 Å². The van der Waals surface area contributed by atoms with Crippen LogP contribution in [0.15, 0.2) is 31.7 Å². The molecule has 0 unspecified atom stereocenters. The minimum atomic E-state index is -0.477. The van der Waals surface area contributed by atoms with Gasteiger partial charge in [0.25, 0.3) is 5.56 Å². The lowest BCUT2D eigenvalue weighted by Gasteiger charge is -2.13. The molecule has 132 valence electrons. The Morgan fingerprint density at radius 1 is 1.36 bits per heavy atom. The number of H-pyrrole nitrogens is 1. The molecule has 0 saturated carbocycles. The number of aryl methyl sites for hydroxylation is 2. The molecule has 1 N–H and O–H groups in total. The fourth-order valence-electron chi connectivity index (χ4n) is 2.45. The van der Waals surface area contributed by atoms with Crippen molar-refractivity contribution in [3.8, 4) is 0 Å². The average Bonchev–Trinajstić information content (AvgIpc) is 2.88. The molecule has 0 aliphatic carbocycles. The molecule has 3 heterocycles. The first-order valence-corrected chi connectivity index (χ1v) is 9.42. The highest BCUT2D eigenvalue weighted by Crippen LogP contribution is 2.21. The van der Waals surface area contributed by atoms with Gasteiger partial charge in [-0.2, -0.15) is 0 Å². The van der Waals surface area contributed by atoms with E-state index in [-0.39, 0.29) is 5.92 Å². The predicted molar refractivity (Wildman–Crippen MR) is 100.0 cm³/mol. The number of nitrogens with zero attached hydrogens (tertiary/aromatic N) is 5. The molecule has 25 heavy (non-hydrogen) atoms. The normalized spacial score (nSPS) is 12.6. The molecule has 0 fully saturated rings. The van der Waals surface area contributed by atoms with Crippen LogP contribution in [-0.2, 0) is 13.6 Å². The fourth-order valence-corrected chi connectivity index (χ4v) is 3.82. The molecular weight excluding hydrogens is 408 g/mol. The molecule has 1 atom stereocenters. The number of aromatic nitrogens is 6. The summed E-state index contributed by atoms with van der Waals surface area (Å²) >= 11 is 4.96. The van der Waals surface area contributed by atoms with Gasteiger partial charge in [0, 0.05) is 31.2 Å². The zero-order valence-corrected chi connectivity index (χ0v) is 16.4. The Morgan fingerprint density at radius 3 is 2.84 bits per heavy atom. The Hall–Kier alpha value is -1.94. The standard InChI is InChI=1S/C15H17BrN6O2S/c1-8(7-25-14-17-5-4-9(2)18-14)6-22-10-11(19-13(22)16)21(3)15(24)20-12(10)23/h4-5,8H,6-7H2,1-3H3,(H,20,23,24)/t8-/m1/s1. The topological polar surface area (TPSA) is 98.5 Å². The quantitative estimate of drug-likeness (QED) is 0.380. The summed E-state index contributed by atoms with van der Waals surface area (Å²) in [6.45, 7) is 4.59. The molecule has 0 aromatic carbocycles. The Labute approximate surface area is 155 Å². The Balaban J connectivity index is 1.83. The van der Waals surface area contributed by atoms with Crippen LogP contribution in [0.3, 0.4) is 0 Å². The third-order valence-corrected chi connectivity index (χ3v) is 5.52. The van der Waals surface area contributed by atoms with Crippen LogP contribution in [0.1, 0.15) is 12.6 Å². The number of aromatic amines is 1. The summed E-state index contributed by atoms with van der Waals surface area (Å²) < 4.78 is 3.64. The van der Waals surface area contributed by atoms with Crippen LogP contribution < -0.4 is 11.2 Å². The number of nitrogens with one attached hydrogen (secondary N) is 1. The summed E-state index contributed by atoms with van der Waals surface area (Å²) in [6.07, 6.45) is 1.75. The van der Waals surface area contributed by atoms with E-state index in [1.54, 1.807) is 29.6 Å². The van der Waals surface area contributed by atoms with Crippen molar-refractivity contribution in [3.05, 3.63) is 43.5 Å². The number of hydrogen-bond donors (Lipinski definition) is 1. The first-order chi connectivity index (χ1) is 11.9. The first kappa shape index (κ1) is 17.9. The second-order valence-corrected chi connectivity index (χ2v) is 7.58. The van der Waals surface area contributed by atoms with Crippen LogP contribution in [0.5, 0.6) is 0 Å². The third-order valence-electron chi connectivity index (χ3n) is 3.72. The SMILES string of the molecule is Cc1ccnc(SC[C@H](C)Cn2c(Br)nc3c2c(=O)[nH]c(=O)n3C)n1. The van der Waals surface area contributed by atoms with E-state index < -0.39 is 11.2 Å². The smallest absolute Gasteiger partial charge is 0.312 e. The van der Waals surface area contributed by atoms with Gasteiger partial charge in [-0.1, -0.05) is 18.7 Å². The van der Waals surface area contributed by atoms with Gasteiger partial charge in [0.2, 0.25) is 0 Å². The second kappa shape index (κ2) is 7.12. The van der Waals surface area contributed by atoms with E-state index in [0.717, 1.165) is 16.6 Å². The van der Waals surface area contributed by atoms with Crippen molar-refractivity contribution < 1.29 is 0 Å². The summed E-state index contributed by atoms with van der Waals surface area (Å²) in [4.78, 5) is 39.2. The van der Waals surface area contributed by atoms with Crippen LogP contribution in [0.25, 0.3) is 11.2 Å². The Morgan fingerprint density at radius 2 is 2.12 bits per heavy atom. The van der Waals surface area contributed by atoms with Crippen LogP contribution >= 0.6 is 27.7 Å². The fraction of sp³-hybridized carbons (Fsp3) is 0.400. The lowest BCUT2D eigenvalue weighted by Crippen LogP contribution is -2.29. The van der Waals surface area contributed by atoms with Gasteiger partial charge in [-0.3, -0.25) is 14.3 Å². The number of hydrogen-bond acceptors (Lipinski definition) is 6. The molecule has 0 saturated heterocycles. The van der Waals surface area contributed by atoms with E-state index >= 15 is 0 Å². The Kier molecular flexibility index (Phi) is 5.09. The predicted octanol–water partition coefficient (Wildman–Crippen LogP) is 1.71. The Bertz CT molecular complexity index is 1040. The highest BCUT2D eigenvalue weighted by Gasteiger charge is 2.17. The molecular formula is C15H17BrN6O2S. The molecule has 0 aliphatic rings. The van der Waals surface area contributed by atoms with Gasteiger partial charge in [-0.15, -0.1) is 0 Å². The molecule has 0 amide bonds. The molecule has 0 bridgehead atoms. The van der Waals surface area contributed by atoms with Gasteiger partial charge in [0.15, 0.2) is 21.1 Å². The van der Waals surface area contributed by atoms with Gasteiger partial charge < -0.3 is 4.57 Å². The zero-order chi connectivity index (χ0) is 18.1. The third kappa shape index (κ3) is 3.69. The van der Waals surface area contributed by atoms with Crippen LogP contribution in [0.4, 0.5) is 0 Å². The number of thioether (sulfide) groups is 1. The summed E-state index contributed by atoms with van der Waals surface area (Å²) in [6, 6.07) is 1.86. The largest absolute Gasteiger partial charge is 0.329 e. The summed E-state index contributed by atoms with van der Waals surface area (Å²) in [5.74, 6) is 1.03. The molecule has 8 nitrogen and oxygen atoms in total. The number of halogens is 1. The highest BCUT2D eigenvalue weighted by atomic mass is 79.9. The van der Waals surface area contributed by atoms with Crippen molar-refractivity contribution >= 4 is 38.9 Å². The summed E-state index contributed by atoms with van der Waals surface area (Å²) in [7, 11) is 1.58. The first-order valence-electron chi connectivity index (χ1n) is 7.64. The lowest BCUT2D eigenvalue weighted by atomic mass is 10.2. The van der Waals surface area contributed by atoms with Crippen LogP contribution in [0.2, 0.25) is 0 Å². The van der Waals surface area contributed by atoms with E-state index in [9.17, 15) is 9.59 Å². The van der Waals surface area contributed by atoms with Crippen molar-refractivity contribution in [1.29, 1.82) is 0 Å². The van der Waals surface area contributed by atoms with Gasteiger partial charge in [0.1, 0.15) is 0 Å². The molecule has 3 aromatic heterocycles. The maximum absolute atomic E-state index is 12.2. The lowest BCUT2D eigenvalue weighted by molar-refractivity contribution is 0.532. The average molecular weight is 425 g/mol. The van der Waals surface area contributed by atoms with E-state index in [4.69, 9.17) is 0 Å². The van der Waals surface area contributed by atoms with E-state index in [1.165, 1.54) is 4.57 Å². The second-order valence-electron chi connectivity index (χ2n) is 5.88. The molecule has 0 spiro atoms. The van der Waals surface area contributed by atoms with Crippen molar-refractivity contribution in [2.24, 2.45) is 13.0 Å². The maximum atomic E-state index is 12.2. The van der Waals surface area contributed by atoms with E-state index in [2.05, 4.69) is 42.8 Å². The summed E-state index contributed by atoms with van der Waals surface area (Å²) in [5.41, 5.74) is 0.772. The van der Waals surface area contributed by atoms with Crippen molar-refractivity contribution in [3.63, 3.8) is 0 Å². The van der Waals surface area contributed by atoms with E-state index in [1.807, 2.05) is 13.0 Å². The molecule has 3 aromatic rings. The minimum absolute atomic E-state index is 0.236. The van der Waals surface area contributed by atoms with Crippen LogP contribution in [0, 0.1) is 12.8 Å².